The highest BCUT2D eigenvalue weighted by Gasteiger charge is 2.24. The van der Waals surface area contributed by atoms with E-state index in [2.05, 4.69) is 20.8 Å². The SMILES string of the molecule is O=C(CCc1n[nH]c2c1CCCC2)N[C@H]1CCCNC1=O. The number of rotatable bonds is 4. The van der Waals surface area contributed by atoms with Crippen LogP contribution in [0.1, 0.15) is 49.1 Å². The Balaban J connectivity index is 1.51. The Morgan fingerprint density at radius 2 is 2.14 bits per heavy atom. The molecule has 0 saturated carbocycles. The number of carbonyl (C=O) groups excluding carboxylic acids is 2. The van der Waals surface area contributed by atoms with E-state index in [1.165, 1.54) is 24.1 Å². The maximum Gasteiger partial charge on any atom is 0.242 e. The summed E-state index contributed by atoms with van der Waals surface area (Å²) in [5.74, 6) is -0.128. The number of aromatic amines is 1. The molecule has 1 atom stereocenters. The van der Waals surface area contributed by atoms with Gasteiger partial charge >= 0.3 is 0 Å². The predicted molar refractivity (Wildman–Crippen MR) is 77.7 cm³/mol. The predicted octanol–water partition coefficient (Wildman–Crippen LogP) is 0.616. The van der Waals surface area contributed by atoms with Crippen LogP contribution < -0.4 is 10.6 Å². The number of aryl methyl sites for hydroxylation is 2. The molecule has 1 aliphatic carbocycles. The van der Waals surface area contributed by atoms with Gasteiger partial charge in [0.05, 0.1) is 5.69 Å². The molecule has 1 saturated heterocycles. The van der Waals surface area contributed by atoms with Crippen molar-refractivity contribution in [2.24, 2.45) is 0 Å². The van der Waals surface area contributed by atoms with Crippen LogP contribution in [0.2, 0.25) is 0 Å². The van der Waals surface area contributed by atoms with E-state index in [1.807, 2.05) is 0 Å². The number of nitrogens with zero attached hydrogens (tertiary/aromatic N) is 1. The topological polar surface area (TPSA) is 86.9 Å². The van der Waals surface area contributed by atoms with Crippen LogP contribution in [0.4, 0.5) is 0 Å². The Hall–Kier alpha value is -1.85. The van der Waals surface area contributed by atoms with E-state index in [-0.39, 0.29) is 17.9 Å². The van der Waals surface area contributed by atoms with Crippen LogP contribution in [-0.4, -0.2) is 34.6 Å². The second-order valence-electron chi connectivity index (χ2n) is 5.89. The van der Waals surface area contributed by atoms with Crippen LogP contribution in [0.5, 0.6) is 0 Å². The van der Waals surface area contributed by atoms with Crippen LogP contribution in [-0.2, 0) is 28.9 Å². The number of hydrogen-bond donors (Lipinski definition) is 3. The van der Waals surface area contributed by atoms with Gasteiger partial charge in [-0.2, -0.15) is 5.10 Å². The molecule has 2 aliphatic rings. The first-order valence-corrected chi connectivity index (χ1v) is 7.86. The van der Waals surface area contributed by atoms with Crippen molar-refractivity contribution in [1.82, 2.24) is 20.8 Å². The molecule has 0 unspecified atom stereocenters. The quantitative estimate of drug-likeness (QED) is 0.759. The lowest BCUT2D eigenvalue weighted by Gasteiger charge is -2.22. The average Bonchev–Trinajstić information content (AvgIpc) is 2.91. The van der Waals surface area contributed by atoms with E-state index in [4.69, 9.17) is 0 Å². The summed E-state index contributed by atoms with van der Waals surface area (Å²) in [5.41, 5.74) is 3.57. The minimum Gasteiger partial charge on any atom is -0.354 e. The Bertz CT molecular complexity index is 538. The Labute approximate surface area is 124 Å². The number of amides is 2. The molecule has 2 heterocycles. The van der Waals surface area contributed by atoms with E-state index in [0.29, 0.717) is 19.4 Å². The lowest BCUT2D eigenvalue weighted by atomic mass is 9.94. The van der Waals surface area contributed by atoms with Gasteiger partial charge < -0.3 is 10.6 Å². The molecule has 1 fully saturated rings. The fourth-order valence-electron chi connectivity index (χ4n) is 3.16. The van der Waals surface area contributed by atoms with Gasteiger partial charge in [-0.25, -0.2) is 0 Å². The van der Waals surface area contributed by atoms with Crippen LogP contribution in [0.3, 0.4) is 0 Å². The molecule has 0 aromatic carbocycles. The first-order valence-electron chi connectivity index (χ1n) is 7.86. The minimum atomic E-state index is -0.362. The highest BCUT2D eigenvalue weighted by Crippen LogP contribution is 2.22. The molecule has 0 radical (unpaired) electrons. The van der Waals surface area contributed by atoms with Gasteiger partial charge in [0.2, 0.25) is 11.8 Å². The van der Waals surface area contributed by atoms with Crippen molar-refractivity contribution in [2.45, 2.75) is 57.4 Å². The van der Waals surface area contributed by atoms with Crippen molar-refractivity contribution < 1.29 is 9.59 Å². The summed E-state index contributed by atoms with van der Waals surface area (Å²) in [7, 11) is 0. The molecule has 1 aliphatic heterocycles. The fourth-order valence-corrected chi connectivity index (χ4v) is 3.16. The van der Waals surface area contributed by atoms with E-state index in [9.17, 15) is 9.59 Å². The smallest absolute Gasteiger partial charge is 0.242 e. The van der Waals surface area contributed by atoms with Crippen molar-refractivity contribution in [3.05, 3.63) is 17.0 Å². The molecule has 21 heavy (non-hydrogen) atoms. The minimum absolute atomic E-state index is 0.0632. The maximum atomic E-state index is 12.0. The van der Waals surface area contributed by atoms with E-state index in [1.54, 1.807) is 0 Å². The Kier molecular flexibility index (Phi) is 4.22. The number of nitrogens with one attached hydrogen (secondary N) is 3. The van der Waals surface area contributed by atoms with Gasteiger partial charge in [0.25, 0.3) is 0 Å². The lowest BCUT2D eigenvalue weighted by Crippen LogP contribution is -2.50. The van der Waals surface area contributed by atoms with Gasteiger partial charge in [-0.05, 0) is 44.1 Å². The first-order chi connectivity index (χ1) is 10.2. The molecule has 6 heteroatoms. The highest BCUT2D eigenvalue weighted by molar-refractivity contribution is 5.88. The van der Waals surface area contributed by atoms with Crippen molar-refractivity contribution in [3.8, 4) is 0 Å². The Morgan fingerprint density at radius 3 is 3.00 bits per heavy atom. The summed E-state index contributed by atoms with van der Waals surface area (Å²) >= 11 is 0. The second kappa shape index (κ2) is 6.28. The van der Waals surface area contributed by atoms with Crippen LogP contribution >= 0.6 is 0 Å². The molecule has 114 valence electrons. The monoisotopic (exact) mass is 290 g/mol. The molecule has 3 rings (SSSR count). The van der Waals surface area contributed by atoms with Crippen LogP contribution in [0.25, 0.3) is 0 Å². The fraction of sp³-hybridized carbons (Fsp3) is 0.667. The first kappa shape index (κ1) is 14.1. The molecule has 2 amide bonds. The number of fused-ring (bicyclic) bond motifs is 1. The zero-order chi connectivity index (χ0) is 14.7. The lowest BCUT2D eigenvalue weighted by molar-refractivity contribution is -0.130. The summed E-state index contributed by atoms with van der Waals surface area (Å²) in [6.07, 6.45) is 7.23. The molecule has 1 aromatic heterocycles. The van der Waals surface area contributed by atoms with Gasteiger partial charge in [0.15, 0.2) is 0 Å². The van der Waals surface area contributed by atoms with Gasteiger partial charge in [-0.3, -0.25) is 14.7 Å². The third-order valence-electron chi connectivity index (χ3n) is 4.35. The van der Waals surface area contributed by atoms with E-state index >= 15 is 0 Å². The number of H-pyrrole nitrogens is 1. The number of piperidine rings is 1. The molecule has 3 N–H and O–H groups in total. The average molecular weight is 290 g/mol. The molecule has 6 nitrogen and oxygen atoms in total. The molecule has 0 bridgehead atoms. The van der Waals surface area contributed by atoms with Gasteiger partial charge in [0, 0.05) is 25.1 Å². The van der Waals surface area contributed by atoms with Gasteiger partial charge in [-0.1, -0.05) is 0 Å². The van der Waals surface area contributed by atoms with Gasteiger partial charge in [-0.15, -0.1) is 0 Å². The zero-order valence-corrected chi connectivity index (χ0v) is 12.2. The second-order valence-corrected chi connectivity index (χ2v) is 5.89. The molecule has 1 aromatic rings. The van der Waals surface area contributed by atoms with Crippen LogP contribution in [0, 0.1) is 0 Å². The summed E-state index contributed by atoms with van der Waals surface area (Å²) in [4.78, 5) is 23.6. The molecule has 0 spiro atoms. The van der Waals surface area contributed by atoms with Crippen molar-refractivity contribution in [3.63, 3.8) is 0 Å². The summed E-state index contributed by atoms with van der Waals surface area (Å²) in [6, 6.07) is -0.362. The Morgan fingerprint density at radius 1 is 1.29 bits per heavy atom. The third-order valence-corrected chi connectivity index (χ3v) is 4.35. The van der Waals surface area contributed by atoms with Crippen molar-refractivity contribution in [1.29, 1.82) is 0 Å². The number of hydrogen-bond acceptors (Lipinski definition) is 3. The summed E-state index contributed by atoms with van der Waals surface area (Å²) in [5, 5.41) is 13.0. The largest absolute Gasteiger partial charge is 0.354 e. The van der Waals surface area contributed by atoms with E-state index in [0.717, 1.165) is 31.4 Å². The molecular formula is C15H22N4O2. The maximum absolute atomic E-state index is 12.0. The standard InChI is InChI=1S/C15H22N4O2/c20-14(17-13-6-3-9-16-15(13)21)8-7-12-10-4-1-2-5-11(10)18-19-12/h13H,1-9H2,(H,16,21)(H,17,20)(H,18,19)/t13-/m0/s1. The van der Waals surface area contributed by atoms with Crippen molar-refractivity contribution >= 4 is 11.8 Å². The number of carbonyl (C=O) groups is 2. The van der Waals surface area contributed by atoms with Crippen LogP contribution in [0.15, 0.2) is 0 Å². The highest BCUT2D eigenvalue weighted by atomic mass is 16.2. The summed E-state index contributed by atoms with van der Waals surface area (Å²) in [6.45, 7) is 0.713. The normalized spacial score (nSPS) is 21.5. The summed E-state index contributed by atoms with van der Waals surface area (Å²) < 4.78 is 0. The molecular weight excluding hydrogens is 268 g/mol. The van der Waals surface area contributed by atoms with Gasteiger partial charge in [0.1, 0.15) is 6.04 Å². The third kappa shape index (κ3) is 3.25. The zero-order valence-electron chi connectivity index (χ0n) is 12.2. The van der Waals surface area contributed by atoms with E-state index < -0.39 is 0 Å². The van der Waals surface area contributed by atoms with Crippen molar-refractivity contribution in [2.75, 3.05) is 6.54 Å². The number of aromatic nitrogens is 2.